The van der Waals surface area contributed by atoms with Crippen LogP contribution in [0.4, 0.5) is 0 Å². The summed E-state index contributed by atoms with van der Waals surface area (Å²) in [5.74, 6) is 0.374. The Morgan fingerprint density at radius 2 is 2.17 bits per heavy atom. The fourth-order valence-electron chi connectivity index (χ4n) is 2.59. The third kappa shape index (κ3) is 4.55. The summed E-state index contributed by atoms with van der Waals surface area (Å²) in [6, 6.07) is 7.59. The van der Waals surface area contributed by atoms with Crippen molar-refractivity contribution in [2.24, 2.45) is 5.10 Å². The van der Waals surface area contributed by atoms with Gasteiger partial charge in [-0.05, 0) is 30.5 Å². The third-order valence-electron chi connectivity index (χ3n) is 4.00. The van der Waals surface area contributed by atoms with Gasteiger partial charge in [0, 0.05) is 26.0 Å². The monoisotopic (exact) mass is 331 g/mol. The van der Waals surface area contributed by atoms with Gasteiger partial charge in [0.25, 0.3) is 5.91 Å². The van der Waals surface area contributed by atoms with Crippen LogP contribution in [0.5, 0.6) is 5.75 Å². The van der Waals surface area contributed by atoms with Gasteiger partial charge in [-0.15, -0.1) is 0 Å². The van der Waals surface area contributed by atoms with Crippen molar-refractivity contribution in [3.63, 3.8) is 0 Å². The zero-order valence-corrected chi connectivity index (χ0v) is 13.4. The Labute approximate surface area is 140 Å². The summed E-state index contributed by atoms with van der Waals surface area (Å²) in [4.78, 5) is 23.0. The van der Waals surface area contributed by atoms with Crippen molar-refractivity contribution in [1.82, 2.24) is 10.7 Å². The summed E-state index contributed by atoms with van der Waals surface area (Å²) in [6.07, 6.45) is 3.01. The maximum atomic E-state index is 12.0. The minimum Gasteiger partial charge on any atom is -0.491 e. The first-order valence-corrected chi connectivity index (χ1v) is 8.17. The molecule has 7 heteroatoms. The molecule has 2 aliphatic rings. The maximum Gasteiger partial charge on any atom is 0.267 e. The van der Waals surface area contributed by atoms with E-state index in [0.717, 1.165) is 30.8 Å². The molecule has 0 spiro atoms. The van der Waals surface area contributed by atoms with E-state index in [1.807, 2.05) is 24.3 Å². The number of rotatable bonds is 6. The van der Waals surface area contributed by atoms with Crippen molar-refractivity contribution in [1.29, 1.82) is 0 Å². The molecule has 2 aliphatic heterocycles. The second-order valence-corrected chi connectivity index (χ2v) is 5.87. The number of hydrogen-bond donors (Lipinski definition) is 2. The lowest BCUT2D eigenvalue weighted by Gasteiger charge is -2.13. The average Bonchev–Trinajstić information content (AvgIpc) is 3.13. The predicted molar refractivity (Wildman–Crippen MR) is 87.6 cm³/mol. The standard InChI is InChI=1S/C17H21N3O4/c21-16-8-7-15(19-20-16)17(22)18-10-12-3-5-13(6-4-12)24-11-14-2-1-9-23-14/h3-6,14H,1-2,7-11H2,(H,18,22)(H,20,21)/t14-/m0/s1. The van der Waals surface area contributed by atoms with E-state index in [0.29, 0.717) is 31.7 Å². The SMILES string of the molecule is O=C1CCC(C(=O)NCc2ccc(OC[C@@H]3CCCO3)cc2)=NN1. The van der Waals surface area contributed by atoms with Crippen molar-refractivity contribution < 1.29 is 19.1 Å². The van der Waals surface area contributed by atoms with Crippen LogP contribution in [0, 0.1) is 0 Å². The summed E-state index contributed by atoms with van der Waals surface area (Å²) < 4.78 is 11.2. The van der Waals surface area contributed by atoms with Crippen LogP contribution >= 0.6 is 0 Å². The minimum absolute atomic E-state index is 0.162. The largest absolute Gasteiger partial charge is 0.491 e. The van der Waals surface area contributed by atoms with Gasteiger partial charge in [-0.1, -0.05) is 12.1 Å². The first-order chi connectivity index (χ1) is 11.7. The van der Waals surface area contributed by atoms with Gasteiger partial charge < -0.3 is 14.8 Å². The van der Waals surface area contributed by atoms with E-state index in [1.165, 1.54) is 0 Å². The van der Waals surface area contributed by atoms with Crippen molar-refractivity contribution >= 4 is 17.5 Å². The van der Waals surface area contributed by atoms with Crippen LogP contribution in [-0.4, -0.2) is 36.8 Å². The zero-order chi connectivity index (χ0) is 16.8. The van der Waals surface area contributed by atoms with Gasteiger partial charge in [-0.25, -0.2) is 5.43 Å². The van der Waals surface area contributed by atoms with E-state index in [-0.39, 0.29) is 17.9 Å². The summed E-state index contributed by atoms with van der Waals surface area (Å²) in [6.45, 7) is 1.79. The molecule has 128 valence electrons. The van der Waals surface area contributed by atoms with E-state index in [9.17, 15) is 9.59 Å². The average molecular weight is 331 g/mol. The molecule has 3 rings (SSSR count). The fourth-order valence-corrected chi connectivity index (χ4v) is 2.59. The number of nitrogens with one attached hydrogen (secondary N) is 2. The number of nitrogens with zero attached hydrogens (tertiary/aromatic N) is 1. The molecule has 1 aromatic carbocycles. The smallest absolute Gasteiger partial charge is 0.267 e. The molecule has 0 aliphatic carbocycles. The first kappa shape index (κ1) is 16.4. The van der Waals surface area contributed by atoms with Gasteiger partial charge in [0.15, 0.2) is 0 Å². The van der Waals surface area contributed by atoms with Gasteiger partial charge in [-0.3, -0.25) is 9.59 Å². The highest BCUT2D eigenvalue weighted by atomic mass is 16.5. The van der Waals surface area contributed by atoms with E-state index in [2.05, 4.69) is 15.8 Å². The van der Waals surface area contributed by atoms with E-state index < -0.39 is 0 Å². The molecule has 2 N–H and O–H groups in total. The number of ether oxygens (including phenoxy) is 2. The molecule has 24 heavy (non-hydrogen) atoms. The second kappa shape index (κ2) is 7.92. The number of carbonyl (C=O) groups is 2. The molecule has 2 amide bonds. The van der Waals surface area contributed by atoms with Gasteiger partial charge in [0.05, 0.1) is 6.10 Å². The number of amides is 2. The molecule has 7 nitrogen and oxygen atoms in total. The molecule has 0 saturated carbocycles. The lowest BCUT2D eigenvalue weighted by Crippen LogP contribution is -2.36. The van der Waals surface area contributed by atoms with E-state index >= 15 is 0 Å². The summed E-state index contributed by atoms with van der Waals surface area (Å²) in [5.41, 5.74) is 3.64. The number of carbonyl (C=O) groups excluding carboxylic acids is 2. The second-order valence-electron chi connectivity index (χ2n) is 5.87. The highest BCUT2D eigenvalue weighted by molar-refractivity contribution is 6.39. The zero-order valence-electron chi connectivity index (χ0n) is 13.4. The van der Waals surface area contributed by atoms with Crippen molar-refractivity contribution in [3.05, 3.63) is 29.8 Å². The van der Waals surface area contributed by atoms with Crippen LogP contribution in [0.2, 0.25) is 0 Å². The molecule has 0 aromatic heterocycles. The summed E-state index contributed by atoms with van der Waals surface area (Å²) >= 11 is 0. The number of hydrazone groups is 1. The van der Waals surface area contributed by atoms with E-state index in [4.69, 9.17) is 9.47 Å². The van der Waals surface area contributed by atoms with Gasteiger partial charge in [0.2, 0.25) is 5.91 Å². The Morgan fingerprint density at radius 3 is 2.83 bits per heavy atom. The van der Waals surface area contributed by atoms with Crippen LogP contribution in [0.25, 0.3) is 0 Å². The molecule has 2 heterocycles. The van der Waals surface area contributed by atoms with Gasteiger partial charge >= 0.3 is 0 Å². The fraction of sp³-hybridized carbons (Fsp3) is 0.471. The van der Waals surface area contributed by atoms with Crippen molar-refractivity contribution in [2.75, 3.05) is 13.2 Å². The molecule has 0 unspecified atom stereocenters. The van der Waals surface area contributed by atoms with Crippen LogP contribution < -0.4 is 15.5 Å². The molecule has 1 fully saturated rings. The molecule has 1 saturated heterocycles. The van der Waals surface area contributed by atoms with E-state index in [1.54, 1.807) is 0 Å². The Hall–Kier alpha value is -2.41. The van der Waals surface area contributed by atoms with Gasteiger partial charge in [-0.2, -0.15) is 5.10 Å². The molecular weight excluding hydrogens is 310 g/mol. The topological polar surface area (TPSA) is 89.0 Å². The summed E-state index contributed by atoms with van der Waals surface area (Å²) in [5, 5.41) is 6.57. The van der Waals surface area contributed by atoms with Crippen LogP contribution in [0.1, 0.15) is 31.2 Å². The highest BCUT2D eigenvalue weighted by Gasteiger charge is 2.18. The van der Waals surface area contributed by atoms with Crippen molar-refractivity contribution in [2.45, 2.75) is 38.3 Å². The Morgan fingerprint density at radius 1 is 1.33 bits per heavy atom. The Balaban J connectivity index is 1.44. The van der Waals surface area contributed by atoms with Crippen LogP contribution in [0.3, 0.4) is 0 Å². The number of benzene rings is 1. The molecule has 0 bridgehead atoms. The Kier molecular flexibility index (Phi) is 5.43. The third-order valence-corrected chi connectivity index (χ3v) is 4.00. The maximum absolute atomic E-state index is 12.0. The first-order valence-electron chi connectivity index (χ1n) is 8.17. The molecule has 1 atom stereocenters. The summed E-state index contributed by atoms with van der Waals surface area (Å²) in [7, 11) is 0. The molecular formula is C17H21N3O4. The minimum atomic E-state index is -0.256. The van der Waals surface area contributed by atoms with Crippen LogP contribution in [-0.2, 0) is 20.9 Å². The lowest BCUT2D eigenvalue weighted by molar-refractivity contribution is -0.121. The molecule has 1 aromatic rings. The van der Waals surface area contributed by atoms with Crippen molar-refractivity contribution in [3.8, 4) is 5.75 Å². The number of hydrogen-bond acceptors (Lipinski definition) is 5. The van der Waals surface area contributed by atoms with Crippen LogP contribution in [0.15, 0.2) is 29.4 Å². The van der Waals surface area contributed by atoms with Gasteiger partial charge in [0.1, 0.15) is 18.1 Å². The Bertz CT molecular complexity index is 621. The normalized spacial score (nSPS) is 20.2. The quantitative estimate of drug-likeness (QED) is 0.818. The predicted octanol–water partition coefficient (Wildman–Crippen LogP) is 1.13. The molecule has 0 radical (unpaired) electrons. The highest BCUT2D eigenvalue weighted by Crippen LogP contribution is 2.16. The lowest BCUT2D eigenvalue weighted by atomic mass is 10.1.